The molecule has 0 atom stereocenters. The Morgan fingerprint density at radius 2 is 2.17 bits per heavy atom. The van der Waals surface area contributed by atoms with Crippen LogP contribution >= 0.6 is 0 Å². The van der Waals surface area contributed by atoms with Gasteiger partial charge in [-0.1, -0.05) is 0 Å². The van der Waals surface area contributed by atoms with E-state index in [9.17, 15) is 0 Å². The summed E-state index contributed by atoms with van der Waals surface area (Å²) in [6.07, 6.45) is 0. The number of hydrogen-bond donors (Lipinski definition) is 2. The largest absolute Gasteiger partial charge is 0.393 e. The van der Waals surface area contributed by atoms with Crippen LogP contribution in [0, 0.1) is 6.57 Å². The number of H-pyrrole nitrogens is 1. The molecule has 0 aliphatic carbocycles. The summed E-state index contributed by atoms with van der Waals surface area (Å²) in [5.74, 6) is 0.904. The molecule has 5 nitrogen and oxygen atoms in total. The van der Waals surface area contributed by atoms with Crippen LogP contribution < -0.4 is 10.6 Å². The van der Waals surface area contributed by atoms with Gasteiger partial charge in [-0.05, 0) is 0 Å². The van der Waals surface area contributed by atoms with Gasteiger partial charge in [-0.2, -0.15) is 5.10 Å². The van der Waals surface area contributed by atoms with Gasteiger partial charge in [-0.15, -0.1) is 0 Å². The smallest absolute Gasteiger partial charge is 0.270 e. The summed E-state index contributed by atoms with van der Waals surface area (Å²) in [5.41, 5.74) is 5.82. The van der Waals surface area contributed by atoms with Crippen molar-refractivity contribution >= 4 is 17.3 Å². The zero-order valence-electron chi connectivity index (χ0n) is 6.87. The fraction of sp³-hybridized carbons (Fsp3) is 0.333. The molecule has 1 aromatic rings. The third kappa shape index (κ3) is 1.73. The van der Waals surface area contributed by atoms with Gasteiger partial charge < -0.3 is 10.6 Å². The Balaban J connectivity index is 0.00000121. The van der Waals surface area contributed by atoms with Crippen LogP contribution in [0.4, 0.5) is 17.3 Å². The van der Waals surface area contributed by atoms with Crippen LogP contribution in [-0.4, -0.2) is 24.3 Å². The van der Waals surface area contributed by atoms with E-state index in [2.05, 4.69) is 15.0 Å². The summed E-state index contributed by atoms with van der Waals surface area (Å²) in [7, 11) is 3.62. The molecular formula is C6H9N5V. The Labute approximate surface area is 82.6 Å². The first-order chi connectivity index (χ1) is 5.16. The maximum absolute atomic E-state index is 6.79. The minimum Gasteiger partial charge on any atom is -0.393 e. The summed E-state index contributed by atoms with van der Waals surface area (Å²) in [4.78, 5) is 4.98. The molecule has 6 heteroatoms. The van der Waals surface area contributed by atoms with Crippen LogP contribution in [0.2, 0.25) is 0 Å². The molecule has 12 heavy (non-hydrogen) atoms. The second kappa shape index (κ2) is 4.05. The second-order valence-corrected chi connectivity index (χ2v) is 2.32. The van der Waals surface area contributed by atoms with Crippen molar-refractivity contribution in [2.24, 2.45) is 0 Å². The molecule has 0 aliphatic heterocycles. The molecule has 3 N–H and O–H groups in total. The zero-order valence-corrected chi connectivity index (χ0v) is 8.26. The number of rotatable bonds is 1. The second-order valence-electron chi connectivity index (χ2n) is 2.32. The van der Waals surface area contributed by atoms with Gasteiger partial charge in [-0.25, -0.2) is 4.85 Å². The number of aromatic amines is 1. The molecule has 0 aliphatic rings. The van der Waals surface area contributed by atoms with Crippen LogP contribution in [0.1, 0.15) is 0 Å². The topological polar surface area (TPSA) is 62.3 Å². The minimum atomic E-state index is 0. The molecule has 63 valence electrons. The molecule has 0 spiro atoms. The summed E-state index contributed by atoms with van der Waals surface area (Å²) in [6.45, 7) is 6.79. The van der Waals surface area contributed by atoms with Crippen molar-refractivity contribution in [3.63, 3.8) is 0 Å². The number of hydrogen-bond acceptors (Lipinski definition) is 3. The summed E-state index contributed by atoms with van der Waals surface area (Å²) in [6, 6.07) is 0. The molecule has 0 amide bonds. The SMILES string of the molecule is [C-]#[N+]c1c(N(C)C)n[nH]c1N.[V]. The molecule has 1 heterocycles. The van der Waals surface area contributed by atoms with Gasteiger partial charge in [0.15, 0.2) is 5.82 Å². The monoisotopic (exact) mass is 202 g/mol. The van der Waals surface area contributed by atoms with E-state index in [1.54, 1.807) is 4.90 Å². The van der Waals surface area contributed by atoms with Gasteiger partial charge in [-0.3, -0.25) is 5.10 Å². The van der Waals surface area contributed by atoms with Crippen molar-refractivity contribution in [1.29, 1.82) is 0 Å². The number of nitrogens with one attached hydrogen (secondary N) is 1. The number of anilines is 2. The average Bonchev–Trinajstić information content (AvgIpc) is 2.30. The fourth-order valence-electron chi connectivity index (χ4n) is 0.762. The predicted molar refractivity (Wildman–Crippen MR) is 43.6 cm³/mol. The van der Waals surface area contributed by atoms with Crippen LogP contribution in [0.15, 0.2) is 0 Å². The van der Waals surface area contributed by atoms with Crippen LogP contribution in [0.25, 0.3) is 4.85 Å². The first kappa shape index (κ1) is 10.9. The van der Waals surface area contributed by atoms with E-state index in [-0.39, 0.29) is 18.6 Å². The summed E-state index contributed by atoms with van der Waals surface area (Å²) in [5, 5.41) is 6.39. The Morgan fingerprint density at radius 1 is 1.58 bits per heavy atom. The molecule has 1 radical (unpaired) electrons. The van der Waals surface area contributed by atoms with E-state index in [1.165, 1.54) is 0 Å². The van der Waals surface area contributed by atoms with E-state index in [0.717, 1.165) is 0 Å². The molecule has 1 aromatic heterocycles. The number of nitrogens with zero attached hydrogens (tertiary/aromatic N) is 3. The standard InChI is InChI=1S/C6H9N5.V/c1-8-4-5(7)9-10-6(4)11(2)3;/h2-3H3,(H3,7,9,10);. The number of nitrogens with two attached hydrogens (primary N) is 1. The van der Waals surface area contributed by atoms with Crippen molar-refractivity contribution in [2.75, 3.05) is 24.7 Å². The molecular weight excluding hydrogens is 193 g/mol. The van der Waals surface area contributed by atoms with Crippen LogP contribution in [-0.2, 0) is 18.6 Å². The quantitative estimate of drug-likeness (QED) is 0.655. The Kier molecular flexibility index (Phi) is 3.67. The van der Waals surface area contributed by atoms with Crippen molar-refractivity contribution < 1.29 is 18.6 Å². The van der Waals surface area contributed by atoms with Crippen LogP contribution in [0.3, 0.4) is 0 Å². The maximum atomic E-state index is 6.79. The van der Waals surface area contributed by atoms with Crippen molar-refractivity contribution in [3.8, 4) is 0 Å². The van der Waals surface area contributed by atoms with Crippen molar-refractivity contribution in [3.05, 3.63) is 11.4 Å². The Morgan fingerprint density at radius 3 is 2.50 bits per heavy atom. The molecule has 0 saturated carbocycles. The number of aromatic nitrogens is 2. The molecule has 0 unspecified atom stereocenters. The van der Waals surface area contributed by atoms with E-state index in [0.29, 0.717) is 17.3 Å². The first-order valence-electron chi connectivity index (χ1n) is 3.05. The zero-order chi connectivity index (χ0) is 8.43. The van der Waals surface area contributed by atoms with Gasteiger partial charge in [0, 0.05) is 32.7 Å². The Hall–Kier alpha value is -1.12. The summed E-state index contributed by atoms with van der Waals surface area (Å²) < 4.78 is 0. The molecule has 0 bridgehead atoms. The van der Waals surface area contributed by atoms with E-state index in [1.807, 2.05) is 14.1 Å². The van der Waals surface area contributed by atoms with Crippen LogP contribution in [0.5, 0.6) is 0 Å². The maximum Gasteiger partial charge on any atom is 0.270 e. The van der Waals surface area contributed by atoms with E-state index in [4.69, 9.17) is 12.3 Å². The molecule has 0 aromatic carbocycles. The summed E-state index contributed by atoms with van der Waals surface area (Å²) >= 11 is 0. The van der Waals surface area contributed by atoms with Gasteiger partial charge in [0.1, 0.15) is 5.82 Å². The third-order valence-electron chi connectivity index (χ3n) is 1.28. The van der Waals surface area contributed by atoms with Crippen molar-refractivity contribution in [2.45, 2.75) is 0 Å². The fourth-order valence-corrected chi connectivity index (χ4v) is 0.762. The van der Waals surface area contributed by atoms with Gasteiger partial charge in [0.05, 0.1) is 6.57 Å². The molecule has 0 fully saturated rings. The number of nitrogen functional groups attached to an aromatic ring is 1. The first-order valence-corrected chi connectivity index (χ1v) is 3.05. The van der Waals surface area contributed by atoms with Gasteiger partial charge >= 0.3 is 0 Å². The van der Waals surface area contributed by atoms with Gasteiger partial charge in [0.25, 0.3) is 5.69 Å². The predicted octanol–water partition coefficient (Wildman–Crippen LogP) is 0.606. The third-order valence-corrected chi connectivity index (χ3v) is 1.28. The molecule has 0 saturated heterocycles. The average molecular weight is 202 g/mol. The Bertz CT molecular complexity index is 297. The minimum absolute atomic E-state index is 0. The van der Waals surface area contributed by atoms with Crippen molar-refractivity contribution in [1.82, 2.24) is 10.2 Å². The molecule has 1 rings (SSSR count). The van der Waals surface area contributed by atoms with E-state index < -0.39 is 0 Å². The normalized spacial score (nSPS) is 8.42. The van der Waals surface area contributed by atoms with Gasteiger partial charge in [0.2, 0.25) is 0 Å². The van der Waals surface area contributed by atoms with E-state index >= 15 is 0 Å².